The van der Waals surface area contributed by atoms with Crippen molar-refractivity contribution in [2.75, 3.05) is 41.3 Å². The van der Waals surface area contributed by atoms with Gasteiger partial charge in [-0.3, -0.25) is 10.1 Å². The van der Waals surface area contributed by atoms with Crippen LogP contribution in [0.2, 0.25) is 0 Å². The summed E-state index contributed by atoms with van der Waals surface area (Å²) in [6.45, 7) is 3.23. The summed E-state index contributed by atoms with van der Waals surface area (Å²) in [6, 6.07) is 12.5. The minimum absolute atomic E-state index is 0.284. The standard InChI is InChI=1S/C26H26FN9/c27-20-3-1-2-18(16-20)4-7-23-29-25(30-24-17-22(33-34-24)19-5-6-19)32-26(31-23)36-14-12-35(13-15-36)21-8-10-28-11-9-21/h1-4,7-11,16-17,19H,5-6,12-15H2,(H2,29,30,31,32,33,34)/b7-4+. The Morgan fingerprint density at radius 3 is 2.50 bits per heavy atom. The van der Waals surface area contributed by atoms with E-state index in [0.29, 0.717) is 29.5 Å². The van der Waals surface area contributed by atoms with E-state index in [4.69, 9.17) is 9.97 Å². The summed E-state index contributed by atoms with van der Waals surface area (Å²) in [5.74, 6) is 2.47. The van der Waals surface area contributed by atoms with E-state index in [0.717, 1.165) is 43.1 Å². The second-order valence-corrected chi connectivity index (χ2v) is 8.99. The van der Waals surface area contributed by atoms with Crippen molar-refractivity contribution < 1.29 is 4.39 Å². The summed E-state index contributed by atoms with van der Waals surface area (Å²) in [6.07, 6.45) is 9.58. The Balaban J connectivity index is 1.24. The van der Waals surface area contributed by atoms with Crippen LogP contribution in [0.1, 0.15) is 35.8 Å². The average molecular weight is 484 g/mol. The third kappa shape index (κ3) is 5.17. The van der Waals surface area contributed by atoms with Crippen LogP contribution in [0.15, 0.2) is 54.9 Å². The van der Waals surface area contributed by atoms with Gasteiger partial charge in [0.1, 0.15) is 5.82 Å². The van der Waals surface area contributed by atoms with Crippen molar-refractivity contribution in [3.63, 3.8) is 0 Å². The first-order chi connectivity index (χ1) is 17.7. The van der Waals surface area contributed by atoms with E-state index in [1.165, 1.54) is 25.0 Å². The van der Waals surface area contributed by atoms with Gasteiger partial charge in [-0.25, -0.2) is 4.39 Å². The van der Waals surface area contributed by atoms with Crippen LogP contribution in [0, 0.1) is 5.82 Å². The first kappa shape index (κ1) is 22.1. The molecule has 1 aliphatic heterocycles. The molecule has 4 aromatic rings. The third-order valence-corrected chi connectivity index (χ3v) is 6.36. The molecular weight excluding hydrogens is 457 g/mol. The zero-order chi connectivity index (χ0) is 24.3. The number of nitrogens with zero attached hydrogens (tertiary/aromatic N) is 7. The average Bonchev–Trinajstić information content (AvgIpc) is 3.67. The van der Waals surface area contributed by atoms with Crippen molar-refractivity contribution in [3.05, 3.63) is 77.8 Å². The van der Waals surface area contributed by atoms with E-state index in [9.17, 15) is 4.39 Å². The van der Waals surface area contributed by atoms with Crippen LogP contribution in [-0.4, -0.2) is 56.3 Å². The van der Waals surface area contributed by atoms with Crippen molar-refractivity contribution >= 4 is 35.6 Å². The van der Waals surface area contributed by atoms with Gasteiger partial charge in [0.25, 0.3) is 0 Å². The highest BCUT2D eigenvalue weighted by molar-refractivity contribution is 5.67. The number of piperazine rings is 1. The smallest absolute Gasteiger partial charge is 0.233 e. The molecule has 3 aromatic heterocycles. The second kappa shape index (κ2) is 9.73. The summed E-state index contributed by atoms with van der Waals surface area (Å²) in [7, 11) is 0. The Labute approximate surface area is 208 Å². The first-order valence-electron chi connectivity index (χ1n) is 12.1. The van der Waals surface area contributed by atoms with Gasteiger partial charge in [-0.1, -0.05) is 18.2 Å². The molecule has 0 radical (unpaired) electrons. The summed E-state index contributed by atoms with van der Waals surface area (Å²) in [5, 5.41) is 10.7. The molecule has 10 heteroatoms. The van der Waals surface area contributed by atoms with Crippen molar-refractivity contribution in [1.29, 1.82) is 0 Å². The molecule has 0 amide bonds. The molecule has 0 unspecified atom stereocenters. The molecule has 1 aromatic carbocycles. The van der Waals surface area contributed by atoms with Crippen molar-refractivity contribution in [3.8, 4) is 0 Å². The van der Waals surface area contributed by atoms with Crippen LogP contribution in [0.3, 0.4) is 0 Å². The number of aromatic amines is 1. The highest BCUT2D eigenvalue weighted by Crippen LogP contribution is 2.39. The molecule has 2 aliphatic rings. The van der Waals surface area contributed by atoms with Crippen LogP contribution >= 0.6 is 0 Å². The fraction of sp³-hybridized carbons (Fsp3) is 0.269. The Morgan fingerprint density at radius 1 is 0.917 bits per heavy atom. The van der Waals surface area contributed by atoms with Crippen LogP contribution in [0.4, 0.5) is 27.8 Å². The molecule has 0 spiro atoms. The maximum atomic E-state index is 13.6. The molecule has 1 saturated carbocycles. The molecule has 0 atom stereocenters. The Kier molecular flexibility index (Phi) is 5.98. The van der Waals surface area contributed by atoms with Gasteiger partial charge in [-0.05, 0) is 48.7 Å². The molecule has 1 saturated heterocycles. The molecule has 1 aliphatic carbocycles. The fourth-order valence-corrected chi connectivity index (χ4v) is 4.27. The monoisotopic (exact) mass is 483 g/mol. The molecule has 2 fully saturated rings. The van der Waals surface area contributed by atoms with Crippen molar-refractivity contribution in [2.45, 2.75) is 18.8 Å². The lowest BCUT2D eigenvalue weighted by Gasteiger charge is -2.36. The number of aromatic nitrogens is 6. The lowest BCUT2D eigenvalue weighted by atomic mass is 10.2. The highest BCUT2D eigenvalue weighted by atomic mass is 19.1. The van der Waals surface area contributed by atoms with Gasteiger partial charge in [-0.2, -0.15) is 20.1 Å². The molecule has 36 heavy (non-hydrogen) atoms. The molecule has 182 valence electrons. The SMILES string of the molecule is Fc1cccc(/C=C/c2nc(Nc3cc(C4CC4)[nH]n3)nc(N3CCN(c4ccncc4)CC3)n2)c1. The summed E-state index contributed by atoms with van der Waals surface area (Å²) < 4.78 is 13.6. The minimum atomic E-state index is -0.284. The van der Waals surface area contributed by atoms with Crippen LogP contribution in [0.25, 0.3) is 12.2 Å². The third-order valence-electron chi connectivity index (χ3n) is 6.36. The van der Waals surface area contributed by atoms with Gasteiger partial charge >= 0.3 is 0 Å². The summed E-state index contributed by atoms with van der Waals surface area (Å²) in [5.41, 5.74) is 3.02. The summed E-state index contributed by atoms with van der Waals surface area (Å²) in [4.78, 5) is 22.6. The summed E-state index contributed by atoms with van der Waals surface area (Å²) >= 11 is 0. The first-order valence-corrected chi connectivity index (χ1v) is 12.1. The molecule has 6 rings (SSSR count). The predicted octanol–water partition coefficient (Wildman–Crippen LogP) is 4.25. The Bertz CT molecular complexity index is 1360. The fourth-order valence-electron chi connectivity index (χ4n) is 4.27. The number of benzene rings is 1. The van der Waals surface area contributed by atoms with E-state index >= 15 is 0 Å². The van der Waals surface area contributed by atoms with Crippen molar-refractivity contribution in [2.24, 2.45) is 0 Å². The van der Waals surface area contributed by atoms with E-state index < -0.39 is 0 Å². The van der Waals surface area contributed by atoms with Crippen LogP contribution in [-0.2, 0) is 0 Å². The van der Waals surface area contributed by atoms with E-state index in [2.05, 4.69) is 35.3 Å². The van der Waals surface area contributed by atoms with Gasteiger partial charge in [0.05, 0.1) is 0 Å². The lowest BCUT2D eigenvalue weighted by Crippen LogP contribution is -2.47. The number of H-pyrrole nitrogens is 1. The number of anilines is 4. The zero-order valence-corrected chi connectivity index (χ0v) is 19.7. The predicted molar refractivity (Wildman–Crippen MR) is 138 cm³/mol. The molecule has 4 heterocycles. The van der Waals surface area contributed by atoms with Crippen LogP contribution in [0.5, 0.6) is 0 Å². The number of nitrogens with one attached hydrogen (secondary N) is 2. The number of hydrogen-bond acceptors (Lipinski definition) is 8. The van der Waals surface area contributed by atoms with E-state index in [1.807, 2.05) is 36.7 Å². The molecule has 2 N–H and O–H groups in total. The van der Waals surface area contributed by atoms with Gasteiger partial charge in [0, 0.05) is 61.9 Å². The van der Waals surface area contributed by atoms with Gasteiger partial charge < -0.3 is 15.1 Å². The molecule has 9 nitrogen and oxygen atoms in total. The Hall–Kier alpha value is -4.34. The minimum Gasteiger partial charge on any atom is -0.368 e. The topological polar surface area (TPSA) is 98.8 Å². The molecular formula is C26H26FN9. The molecule has 0 bridgehead atoms. The normalized spacial score (nSPS) is 16.0. The number of halogens is 1. The van der Waals surface area contributed by atoms with E-state index in [-0.39, 0.29) is 5.82 Å². The zero-order valence-electron chi connectivity index (χ0n) is 19.7. The Morgan fingerprint density at radius 2 is 1.72 bits per heavy atom. The number of pyridine rings is 1. The lowest BCUT2D eigenvalue weighted by molar-refractivity contribution is 0.627. The maximum absolute atomic E-state index is 13.6. The van der Waals surface area contributed by atoms with Gasteiger partial charge in [0.2, 0.25) is 11.9 Å². The second-order valence-electron chi connectivity index (χ2n) is 8.99. The quantitative estimate of drug-likeness (QED) is 0.403. The van der Waals surface area contributed by atoms with Gasteiger partial charge in [0.15, 0.2) is 11.6 Å². The number of hydrogen-bond donors (Lipinski definition) is 2. The van der Waals surface area contributed by atoms with E-state index in [1.54, 1.807) is 18.2 Å². The highest BCUT2D eigenvalue weighted by Gasteiger charge is 2.26. The maximum Gasteiger partial charge on any atom is 0.233 e. The van der Waals surface area contributed by atoms with Gasteiger partial charge in [-0.15, -0.1) is 0 Å². The largest absolute Gasteiger partial charge is 0.368 e. The van der Waals surface area contributed by atoms with Crippen molar-refractivity contribution in [1.82, 2.24) is 30.1 Å². The van der Waals surface area contributed by atoms with Crippen LogP contribution < -0.4 is 15.1 Å². The number of rotatable bonds is 7.